The molecule has 1 unspecified atom stereocenters. The summed E-state index contributed by atoms with van der Waals surface area (Å²) in [6.07, 6.45) is 2.96. The molecule has 2 aliphatic heterocycles. The van der Waals surface area contributed by atoms with Gasteiger partial charge in [-0.1, -0.05) is 6.42 Å². The molecule has 0 bridgehead atoms. The number of ether oxygens (including phenoxy) is 1. The molecule has 1 aromatic carbocycles. The fourth-order valence-electron chi connectivity index (χ4n) is 3.20. The summed E-state index contributed by atoms with van der Waals surface area (Å²) in [5.74, 6) is 0. The minimum absolute atomic E-state index is 0.0638. The molecular formula is C16H25N3O3S. The fourth-order valence-corrected chi connectivity index (χ4v) is 4.70. The van der Waals surface area contributed by atoms with E-state index in [9.17, 15) is 8.42 Å². The van der Waals surface area contributed by atoms with Crippen molar-refractivity contribution in [3.8, 4) is 0 Å². The lowest BCUT2D eigenvalue weighted by Crippen LogP contribution is -2.44. The summed E-state index contributed by atoms with van der Waals surface area (Å²) in [5.41, 5.74) is 1.71. The van der Waals surface area contributed by atoms with Crippen LogP contribution in [0.15, 0.2) is 24.3 Å². The van der Waals surface area contributed by atoms with Crippen molar-refractivity contribution in [3.63, 3.8) is 0 Å². The molecule has 1 aromatic rings. The molecule has 128 valence electrons. The van der Waals surface area contributed by atoms with Gasteiger partial charge in [-0.25, -0.2) is 0 Å². The van der Waals surface area contributed by atoms with Crippen molar-refractivity contribution >= 4 is 21.6 Å². The third-order valence-corrected chi connectivity index (χ3v) is 6.19. The maximum Gasteiger partial charge on any atom is 0.301 e. The van der Waals surface area contributed by atoms with E-state index in [0.29, 0.717) is 12.2 Å². The van der Waals surface area contributed by atoms with E-state index >= 15 is 0 Å². The number of piperidine rings is 1. The molecule has 0 aromatic heterocycles. The summed E-state index contributed by atoms with van der Waals surface area (Å²) in [4.78, 5) is 2.24. The van der Waals surface area contributed by atoms with Crippen molar-refractivity contribution in [2.24, 2.45) is 0 Å². The molecule has 0 aliphatic carbocycles. The number of benzene rings is 1. The molecule has 23 heavy (non-hydrogen) atoms. The Morgan fingerprint density at radius 3 is 2.43 bits per heavy atom. The van der Waals surface area contributed by atoms with Crippen LogP contribution in [-0.2, 0) is 14.9 Å². The van der Waals surface area contributed by atoms with Crippen LogP contribution in [0.1, 0.15) is 26.2 Å². The first kappa shape index (κ1) is 16.5. The summed E-state index contributed by atoms with van der Waals surface area (Å²) in [5, 5.41) is 0. The number of rotatable bonds is 4. The molecule has 1 N–H and O–H groups in total. The predicted molar refractivity (Wildman–Crippen MR) is 92.0 cm³/mol. The Balaban J connectivity index is 1.67. The van der Waals surface area contributed by atoms with Crippen molar-refractivity contribution in [1.82, 2.24) is 4.31 Å². The lowest BCUT2D eigenvalue weighted by Gasteiger charge is -2.32. The molecule has 2 fully saturated rings. The Hall–Kier alpha value is -1.31. The molecule has 2 heterocycles. The number of hydrogen-bond acceptors (Lipinski definition) is 4. The van der Waals surface area contributed by atoms with Crippen LogP contribution in [0.25, 0.3) is 0 Å². The summed E-state index contributed by atoms with van der Waals surface area (Å²) in [7, 11) is -3.47. The minimum Gasteiger partial charge on any atom is -0.378 e. The van der Waals surface area contributed by atoms with Gasteiger partial charge in [0.2, 0.25) is 0 Å². The van der Waals surface area contributed by atoms with Gasteiger partial charge >= 0.3 is 10.2 Å². The van der Waals surface area contributed by atoms with Crippen LogP contribution >= 0.6 is 0 Å². The van der Waals surface area contributed by atoms with Crippen molar-refractivity contribution in [2.45, 2.75) is 32.2 Å². The van der Waals surface area contributed by atoms with Gasteiger partial charge in [-0.3, -0.25) is 4.72 Å². The van der Waals surface area contributed by atoms with Crippen LogP contribution in [0.4, 0.5) is 11.4 Å². The highest BCUT2D eigenvalue weighted by Gasteiger charge is 2.29. The second-order valence-corrected chi connectivity index (χ2v) is 7.83. The lowest BCUT2D eigenvalue weighted by molar-refractivity contribution is 0.122. The zero-order valence-electron chi connectivity index (χ0n) is 13.6. The topological polar surface area (TPSA) is 61.9 Å². The van der Waals surface area contributed by atoms with Gasteiger partial charge in [0.1, 0.15) is 0 Å². The molecular weight excluding hydrogens is 314 g/mol. The van der Waals surface area contributed by atoms with E-state index in [0.717, 1.165) is 51.3 Å². The van der Waals surface area contributed by atoms with Crippen molar-refractivity contribution < 1.29 is 13.2 Å². The van der Waals surface area contributed by atoms with Gasteiger partial charge < -0.3 is 9.64 Å². The second kappa shape index (κ2) is 7.07. The van der Waals surface area contributed by atoms with Gasteiger partial charge in [0.25, 0.3) is 0 Å². The molecule has 1 atom stereocenters. The van der Waals surface area contributed by atoms with E-state index in [1.807, 2.05) is 31.2 Å². The maximum absolute atomic E-state index is 12.5. The molecule has 0 spiro atoms. The highest BCUT2D eigenvalue weighted by molar-refractivity contribution is 7.90. The summed E-state index contributed by atoms with van der Waals surface area (Å²) in [6, 6.07) is 7.65. The van der Waals surface area contributed by atoms with E-state index in [1.165, 1.54) is 0 Å². The van der Waals surface area contributed by atoms with Crippen LogP contribution in [-0.4, -0.2) is 51.6 Å². The second-order valence-electron chi connectivity index (χ2n) is 6.21. The molecule has 0 amide bonds. The molecule has 6 nitrogen and oxygen atoms in total. The SMILES string of the molecule is CC1CCCCN1S(=O)(=O)Nc1ccc(N2CCOCC2)cc1. The number of morpholine rings is 1. The molecule has 2 aliphatic rings. The Bertz CT molecular complexity index is 612. The van der Waals surface area contributed by atoms with Gasteiger partial charge in [-0.05, 0) is 44.0 Å². The molecule has 0 radical (unpaired) electrons. The number of hydrogen-bond donors (Lipinski definition) is 1. The smallest absolute Gasteiger partial charge is 0.301 e. The first-order valence-electron chi connectivity index (χ1n) is 8.28. The monoisotopic (exact) mass is 339 g/mol. The Morgan fingerprint density at radius 2 is 1.78 bits per heavy atom. The van der Waals surface area contributed by atoms with E-state index in [1.54, 1.807) is 4.31 Å². The number of nitrogens with zero attached hydrogens (tertiary/aromatic N) is 2. The maximum atomic E-state index is 12.5. The zero-order valence-corrected chi connectivity index (χ0v) is 14.4. The van der Waals surface area contributed by atoms with Gasteiger partial charge in [0.05, 0.1) is 13.2 Å². The number of nitrogens with one attached hydrogen (secondary N) is 1. The van der Waals surface area contributed by atoms with Gasteiger partial charge in [-0.15, -0.1) is 0 Å². The Labute approximate surface area is 138 Å². The molecule has 3 rings (SSSR count). The van der Waals surface area contributed by atoms with Crippen LogP contribution in [0, 0.1) is 0 Å². The van der Waals surface area contributed by atoms with E-state index in [2.05, 4.69) is 9.62 Å². The molecule has 7 heteroatoms. The van der Waals surface area contributed by atoms with Crippen molar-refractivity contribution in [2.75, 3.05) is 42.5 Å². The predicted octanol–water partition coefficient (Wildman–Crippen LogP) is 2.05. The van der Waals surface area contributed by atoms with E-state index in [-0.39, 0.29) is 6.04 Å². The van der Waals surface area contributed by atoms with Crippen LogP contribution in [0.5, 0.6) is 0 Å². The normalized spacial score (nSPS) is 23.7. The standard InChI is InChI=1S/C16H25N3O3S/c1-14-4-2-3-9-19(14)23(20,21)17-15-5-7-16(8-6-15)18-10-12-22-13-11-18/h5-8,14,17H,2-4,9-13H2,1H3. The summed E-state index contributed by atoms with van der Waals surface area (Å²) < 4.78 is 34.7. The average molecular weight is 339 g/mol. The molecule has 0 saturated carbocycles. The van der Waals surface area contributed by atoms with Crippen molar-refractivity contribution in [3.05, 3.63) is 24.3 Å². The number of anilines is 2. The third-order valence-electron chi connectivity index (χ3n) is 4.54. The van der Waals surface area contributed by atoms with Crippen LogP contribution in [0.2, 0.25) is 0 Å². The molecule has 2 saturated heterocycles. The van der Waals surface area contributed by atoms with Gasteiger partial charge in [-0.2, -0.15) is 12.7 Å². The first-order chi connectivity index (χ1) is 11.1. The summed E-state index contributed by atoms with van der Waals surface area (Å²) >= 11 is 0. The highest BCUT2D eigenvalue weighted by atomic mass is 32.2. The van der Waals surface area contributed by atoms with Gasteiger partial charge in [0.15, 0.2) is 0 Å². The first-order valence-corrected chi connectivity index (χ1v) is 9.72. The summed E-state index contributed by atoms with van der Waals surface area (Å²) in [6.45, 7) is 5.79. The van der Waals surface area contributed by atoms with E-state index < -0.39 is 10.2 Å². The lowest BCUT2D eigenvalue weighted by atomic mass is 10.1. The van der Waals surface area contributed by atoms with Gasteiger partial charge in [0, 0.05) is 37.1 Å². The highest BCUT2D eigenvalue weighted by Crippen LogP contribution is 2.23. The average Bonchev–Trinajstić information content (AvgIpc) is 2.56. The Morgan fingerprint density at radius 1 is 1.09 bits per heavy atom. The Kier molecular flexibility index (Phi) is 5.08. The fraction of sp³-hybridized carbons (Fsp3) is 0.625. The van der Waals surface area contributed by atoms with Crippen LogP contribution in [0.3, 0.4) is 0 Å². The van der Waals surface area contributed by atoms with Crippen molar-refractivity contribution in [1.29, 1.82) is 0 Å². The quantitative estimate of drug-likeness (QED) is 0.912. The zero-order chi connectivity index (χ0) is 16.3. The largest absolute Gasteiger partial charge is 0.378 e. The third kappa shape index (κ3) is 3.97. The van der Waals surface area contributed by atoms with E-state index in [4.69, 9.17) is 4.74 Å². The van der Waals surface area contributed by atoms with Crippen LogP contribution < -0.4 is 9.62 Å². The minimum atomic E-state index is -3.47.